The topological polar surface area (TPSA) is 66.8 Å². The fourth-order valence-corrected chi connectivity index (χ4v) is 2.70. The lowest BCUT2D eigenvalue weighted by molar-refractivity contribution is -0.159. The van der Waals surface area contributed by atoms with E-state index in [-0.39, 0.29) is 19.1 Å². The summed E-state index contributed by atoms with van der Waals surface area (Å²) in [4.78, 5) is 25.1. The standard InChI is InChI=1S/C12H21NO4S/c1-17-9-12(11(15)16)5-3-6-13(8-12)10(14)4-7-18-2/h3-9H2,1-2H3,(H,15,16). The van der Waals surface area contributed by atoms with E-state index in [1.165, 1.54) is 7.11 Å². The first-order valence-corrected chi connectivity index (χ1v) is 7.44. The van der Waals surface area contributed by atoms with Crippen LogP contribution in [0.3, 0.4) is 0 Å². The van der Waals surface area contributed by atoms with Crippen LogP contribution in [0.1, 0.15) is 19.3 Å². The highest BCUT2D eigenvalue weighted by molar-refractivity contribution is 7.98. The number of rotatable bonds is 6. The fraction of sp³-hybridized carbons (Fsp3) is 0.833. The molecule has 1 amide bonds. The monoisotopic (exact) mass is 275 g/mol. The van der Waals surface area contributed by atoms with Gasteiger partial charge in [-0.25, -0.2) is 0 Å². The molecule has 1 saturated heterocycles. The van der Waals surface area contributed by atoms with Crippen molar-refractivity contribution in [3.05, 3.63) is 0 Å². The van der Waals surface area contributed by atoms with Gasteiger partial charge in [0.05, 0.1) is 6.61 Å². The first kappa shape index (κ1) is 15.3. The lowest BCUT2D eigenvalue weighted by Gasteiger charge is -2.39. The minimum Gasteiger partial charge on any atom is -0.481 e. The SMILES string of the molecule is COCC1(C(=O)O)CCCN(C(=O)CCSC)C1. The summed E-state index contributed by atoms with van der Waals surface area (Å²) in [5.74, 6) is -0.0443. The number of amides is 1. The maximum atomic E-state index is 12.0. The molecule has 0 aliphatic carbocycles. The minimum atomic E-state index is -0.929. The molecule has 104 valence electrons. The maximum absolute atomic E-state index is 12.0. The highest BCUT2D eigenvalue weighted by atomic mass is 32.2. The van der Waals surface area contributed by atoms with E-state index in [0.29, 0.717) is 19.4 Å². The average molecular weight is 275 g/mol. The first-order valence-electron chi connectivity index (χ1n) is 6.05. The molecule has 0 bridgehead atoms. The third-order valence-electron chi connectivity index (χ3n) is 3.32. The van der Waals surface area contributed by atoms with Crippen LogP contribution in [0.2, 0.25) is 0 Å². The number of piperidine rings is 1. The highest BCUT2D eigenvalue weighted by Crippen LogP contribution is 2.31. The molecule has 1 N–H and O–H groups in total. The molecule has 0 aromatic heterocycles. The fourth-order valence-electron chi connectivity index (χ4n) is 2.32. The molecule has 0 radical (unpaired) electrons. The van der Waals surface area contributed by atoms with Gasteiger partial charge in [0.1, 0.15) is 5.41 Å². The number of aliphatic carboxylic acids is 1. The summed E-state index contributed by atoms with van der Waals surface area (Å²) >= 11 is 1.62. The number of carbonyl (C=O) groups is 2. The number of carboxylic acids is 1. The molecule has 1 aliphatic heterocycles. The minimum absolute atomic E-state index is 0.0470. The second kappa shape index (κ2) is 6.99. The Kier molecular flexibility index (Phi) is 5.95. The van der Waals surface area contributed by atoms with Crippen molar-refractivity contribution < 1.29 is 19.4 Å². The van der Waals surface area contributed by atoms with Gasteiger partial charge in [-0.2, -0.15) is 11.8 Å². The number of ether oxygens (including phenoxy) is 1. The summed E-state index contributed by atoms with van der Waals surface area (Å²) < 4.78 is 5.03. The van der Waals surface area contributed by atoms with Crippen LogP contribution in [-0.4, -0.2) is 60.7 Å². The second-order valence-electron chi connectivity index (χ2n) is 4.68. The molecule has 1 aliphatic rings. The van der Waals surface area contributed by atoms with E-state index in [1.807, 2.05) is 6.26 Å². The van der Waals surface area contributed by atoms with Crippen molar-refractivity contribution in [2.75, 3.05) is 38.8 Å². The molecular formula is C12H21NO4S. The normalized spacial score (nSPS) is 24.0. The van der Waals surface area contributed by atoms with Gasteiger partial charge in [-0.3, -0.25) is 9.59 Å². The van der Waals surface area contributed by atoms with Gasteiger partial charge in [0, 0.05) is 32.4 Å². The van der Waals surface area contributed by atoms with Gasteiger partial charge in [-0.05, 0) is 19.1 Å². The molecule has 6 heteroatoms. The van der Waals surface area contributed by atoms with Crippen molar-refractivity contribution >= 4 is 23.6 Å². The van der Waals surface area contributed by atoms with Crippen LogP contribution in [0.15, 0.2) is 0 Å². The van der Waals surface area contributed by atoms with E-state index in [0.717, 1.165) is 12.2 Å². The third-order valence-corrected chi connectivity index (χ3v) is 3.94. The van der Waals surface area contributed by atoms with Crippen LogP contribution >= 0.6 is 11.8 Å². The van der Waals surface area contributed by atoms with E-state index in [1.54, 1.807) is 16.7 Å². The Morgan fingerprint density at radius 2 is 2.22 bits per heavy atom. The van der Waals surface area contributed by atoms with Crippen LogP contribution in [0.25, 0.3) is 0 Å². The van der Waals surface area contributed by atoms with Crippen molar-refractivity contribution in [2.45, 2.75) is 19.3 Å². The summed E-state index contributed by atoms with van der Waals surface area (Å²) in [7, 11) is 1.50. The summed E-state index contributed by atoms with van der Waals surface area (Å²) in [6, 6.07) is 0. The Hall–Kier alpha value is -0.750. The zero-order valence-electron chi connectivity index (χ0n) is 11.0. The first-order chi connectivity index (χ1) is 8.55. The van der Waals surface area contributed by atoms with E-state index in [4.69, 9.17) is 4.74 Å². The van der Waals surface area contributed by atoms with Crippen LogP contribution in [0.4, 0.5) is 0 Å². The van der Waals surface area contributed by atoms with Gasteiger partial charge in [0.25, 0.3) is 0 Å². The highest BCUT2D eigenvalue weighted by Gasteiger charge is 2.43. The number of thioether (sulfide) groups is 1. The van der Waals surface area contributed by atoms with Crippen molar-refractivity contribution in [3.63, 3.8) is 0 Å². The van der Waals surface area contributed by atoms with Crippen LogP contribution < -0.4 is 0 Å². The van der Waals surface area contributed by atoms with Gasteiger partial charge in [-0.15, -0.1) is 0 Å². The quantitative estimate of drug-likeness (QED) is 0.785. The van der Waals surface area contributed by atoms with E-state index in [9.17, 15) is 14.7 Å². The van der Waals surface area contributed by atoms with Crippen LogP contribution in [0.5, 0.6) is 0 Å². The Morgan fingerprint density at radius 1 is 1.50 bits per heavy atom. The average Bonchev–Trinajstić information content (AvgIpc) is 2.36. The van der Waals surface area contributed by atoms with Crippen molar-refractivity contribution in [3.8, 4) is 0 Å². The molecule has 0 aromatic rings. The number of hydrogen-bond acceptors (Lipinski definition) is 4. The van der Waals surface area contributed by atoms with Gasteiger partial charge in [-0.1, -0.05) is 0 Å². The zero-order valence-corrected chi connectivity index (χ0v) is 11.8. The van der Waals surface area contributed by atoms with E-state index < -0.39 is 11.4 Å². The second-order valence-corrected chi connectivity index (χ2v) is 5.67. The lowest BCUT2D eigenvalue weighted by Crippen LogP contribution is -2.52. The third kappa shape index (κ3) is 3.62. The molecule has 0 saturated carbocycles. The van der Waals surface area contributed by atoms with Gasteiger partial charge in [0.15, 0.2) is 0 Å². The summed E-state index contributed by atoms with van der Waals surface area (Å²) in [6.07, 6.45) is 3.73. The molecule has 1 heterocycles. The number of methoxy groups -OCH3 is 1. The molecule has 5 nitrogen and oxygen atoms in total. The molecule has 18 heavy (non-hydrogen) atoms. The molecular weight excluding hydrogens is 254 g/mol. The number of nitrogens with zero attached hydrogens (tertiary/aromatic N) is 1. The zero-order chi connectivity index (χ0) is 13.6. The van der Waals surface area contributed by atoms with Gasteiger partial charge in [0.2, 0.25) is 5.91 Å². The Balaban J connectivity index is 2.68. The lowest BCUT2D eigenvalue weighted by atomic mass is 9.80. The molecule has 0 spiro atoms. The van der Waals surface area contributed by atoms with E-state index in [2.05, 4.69) is 0 Å². The Bertz CT molecular complexity index is 306. The Labute approximate surface area is 112 Å². The van der Waals surface area contributed by atoms with Crippen LogP contribution in [0, 0.1) is 5.41 Å². The number of carboxylic acid groups (broad SMARTS) is 1. The smallest absolute Gasteiger partial charge is 0.313 e. The number of carbonyl (C=O) groups excluding carboxylic acids is 1. The largest absolute Gasteiger partial charge is 0.481 e. The maximum Gasteiger partial charge on any atom is 0.313 e. The molecule has 1 atom stereocenters. The summed E-state index contributed by atoms with van der Waals surface area (Å²) in [5.41, 5.74) is -0.929. The number of likely N-dealkylation sites (tertiary alicyclic amines) is 1. The van der Waals surface area contributed by atoms with Gasteiger partial charge < -0.3 is 14.7 Å². The predicted octanol–water partition coefficient (Wildman–Crippen LogP) is 1.08. The molecule has 1 unspecified atom stereocenters. The predicted molar refractivity (Wildman–Crippen MR) is 70.8 cm³/mol. The van der Waals surface area contributed by atoms with Crippen molar-refractivity contribution in [1.29, 1.82) is 0 Å². The molecule has 1 fully saturated rings. The van der Waals surface area contributed by atoms with Crippen molar-refractivity contribution in [1.82, 2.24) is 4.90 Å². The van der Waals surface area contributed by atoms with Crippen molar-refractivity contribution in [2.24, 2.45) is 5.41 Å². The van der Waals surface area contributed by atoms with Gasteiger partial charge >= 0.3 is 5.97 Å². The number of hydrogen-bond donors (Lipinski definition) is 1. The molecule has 0 aromatic carbocycles. The Morgan fingerprint density at radius 3 is 2.78 bits per heavy atom. The summed E-state index contributed by atoms with van der Waals surface area (Å²) in [6.45, 7) is 1.09. The van der Waals surface area contributed by atoms with Crippen LogP contribution in [-0.2, 0) is 14.3 Å². The molecule has 1 rings (SSSR count). The summed E-state index contributed by atoms with van der Waals surface area (Å²) in [5, 5.41) is 9.37. The van der Waals surface area contributed by atoms with E-state index >= 15 is 0 Å².